The van der Waals surface area contributed by atoms with Crippen LogP contribution in [0.4, 0.5) is 4.39 Å². The summed E-state index contributed by atoms with van der Waals surface area (Å²) in [7, 11) is 0. The number of fused-ring (bicyclic) bond motifs is 2. The average Bonchev–Trinajstić information content (AvgIpc) is 2.38. The number of benzene rings is 1. The van der Waals surface area contributed by atoms with Crippen LogP contribution in [0.15, 0.2) is 15.3 Å². The molecular weight excluding hydrogens is 315 g/mol. The van der Waals surface area contributed by atoms with E-state index in [-0.39, 0.29) is 4.83 Å². The van der Waals surface area contributed by atoms with Crippen LogP contribution >= 0.6 is 15.9 Å². The largest absolute Gasteiger partial charge is 0.492 e. The second kappa shape index (κ2) is 4.34. The van der Waals surface area contributed by atoms with Gasteiger partial charge in [0.15, 0.2) is 0 Å². The molecule has 0 fully saturated rings. The van der Waals surface area contributed by atoms with Crippen LogP contribution in [-0.4, -0.2) is 11.4 Å². The molecule has 3 nitrogen and oxygen atoms in total. The Bertz CT molecular complexity index is 736. The molecule has 19 heavy (non-hydrogen) atoms. The van der Waals surface area contributed by atoms with E-state index in [1.54, 1.807) is 6.92 Å². The second-order valence-electron chi connectivity index (χ2n) is 4.81. The van der Waals surface area contributed by atoms with Crippen molar-refractivity contribution in [1.82, 2.24) is 0 Å². The van der Waals surface area contributed by atoms with E-state index in [0.717, 1.165) is 23.3 Å². The van der Waals surface area contributed by atoms with Gasteiger partial charge in [-0.1, -0.05) is 15.9 Å². The quantitative estimate of drug-likeness (QED) is 0.551. The molecule has 1 unspecified atom stereocenters. The Morgan fingerprint density at radius 3 is 2.84 bits per heavy atom. The monoisotopic (exact) mass is 326 g/mol. The maximum absolute atomic E-state index is 13.7. The van der Waals surface area contributed by atoms with E-state index in [0.29, 0.717) is 23.1 Å². The van der Waals surface area contributed by atoms with Gasteiger partial charge in [0.2, 0.25) is 5.82 Å². The van der Waals surface area contributed by atoms with Gasteiger partial charge in [-0.15, -0.1) is 0 Å². The van der Waals surface area contributed by atoms with E-state index >= 15 is 0 Å². The first-order valence-corrected chi connectivity index (χ1v) is 6.93. The molecule has 1 aliphatic rings. The summed E-state index contributed by atoms with van der Waals surface area (Å²) in [6.07, 6.45) is 0.812. The van der Waals surface area contributed by atoms with Crippen molar-refractivity contribution in [2.75, 3.05) is 6.61 Å². The van der Waals surface area contributed by atoms with Gasteiger partial charge in [0.1, 0.15) is 17.9 Å². The molecule has 2 heterocycles. The molecule has 0 aliphatic carbocycles. The lowest BCUT2D eigenvalue weighted by molar-refractivity contribution is 0.294. The van der Waals surface area contributed by atoms with Crippen LogP contribution in [0.5, 0.6) is 5.75 Å². The number of rotatable bonds is 0. The predicted molar refractivity (Wildman–Crippen MR) is 73.8 cm³/mol. The van der Waals surface area contributed by atoms with Crippen LogP contribution in [0, 0.1) is 19.7 Å². The Balaban J connectivity index is 2.40. The molecule has 2 aromatic rings. The summed E-state index contributed by atoms with van der Waals surface area (Å²) in [5, 5.41) is 0.638. The van der Waals surface area contributed by atoms with Gasteiger partial charge in [0.05, 0.1) is 4.83 Å². The van der Waals surface area contributed by atoms with E-state index in [1.807, 2.05) is 13.0 Å². The zero-order valence-corrected chi connectivity index (χ0v) is 12.1. The van der Waals surface area contributed by atoms with E-state index in [2.05, 4.69) is 15.9 Å². The minimum absolute atomic E-state index is 0.248. The van der Waals surface area contributed by atoms with Crippen LogP contribution in [0.1, 0.15) is 16.7 Å². The van der Waals surface area contributed by atoms with Crippen molar-refractivity contribution >= 4 is 26.9 Å². The van der Waals surface area contributed by atoms with E-state index in [4.69, 9.17) is 9.15 Å². The summed E-state index contributed by atoms with van der Waals surface area (Å²) < 4.78 is 24.4. The molecule has 1 aromatic heterocycles. The van der Waals surface area contributed by atoms with Crippen molar-refractivity contribution in [2.24, 2.45) is 0 Å². The normalized spacial score (nSPS) is 18.2. The number of alkyl halides is 1. The third-order valence-corrected chi connectivity index (χ3v) is 4.08. The van der Waals surface area contributed by atoms with Gasteiger partial charge >= 0.3 is 5.63 Å². The fraction of sp³-hybridized carbons (Fsp3) is 0.357. The summed E-state index contributed by atoms with van der Waals surface area (Å²) in [6, 6.07) is 1.85. The molecule has 0 bridgehead atoms. The Hall–Kier alpha value is -1.36. The Morgan fingerprint density at radius 2 is 2.11 bits per heavy atom. The van der Waals surface area contributed by atoms with Crippen LogP contribution in [-0.2, 0) is 6.42 Å². The third kappa shape index (κ3) is 1.87. The zero-order chi connectivity index (χ0) is 13.7. The highest BCUT2D eigenvalue weighted by molar-refractivity contribution is 9.09. The minimum Gasteiger partial charge on any atom is -0.492 e. The molecule has 3 rings (SSSR count). The van der Waals surface area contributed by atoms with Crippen LogP contribution in [0.2, 0.25) is 0 Å². The van der Waals surface area contributed by atoms with Gasteiger partial charge in [-0.3, -0.25) is 0 Å². The lowest BCUT2D eigenvalue weighted by atomic mass is 9.98. The van der Waals surface area contributed by atoms with E-state index in [9.17, 15) is 9.18 Å². The Labute approximate surface area is 117 Å². The molecule has 5 heteroatoms. The first-order chi connectivity index (χ1) is 8.99. The molecule has 0 saturated heterocycles. The topological polar surface area (TPSA) is 39.4 Å². The first kappa shape index (κ1) is 12.7. The molecule has 0 saturated carbocycles. The maximum Gasteiger partial charge on any atom is 0.372 e. The zero-order valence-electron chi connectivity index (χ0n) is 10.5. The Morgan fingerprint density at radius 1 is 1.37 bits per heavy atom. The SMILES string of the molecule is Cc1c(F)c(=O)oc2c(C)c3c(cc12)CC(Br)CO3. The fourth-order valence-corrected chi connectivity index (χ4v) is 2.98. The number of hydrogen-bond donors (Lipinski definition) is 0. The summed E-state index contributed by atoms with van der Waals surface area (Å²) in [5.41, 5.74) is 1.58. The highest BCUT2D eigenvalue weighted by Crippen LogP contribution is 2.36. The molecule has 100 valence electrons. The predicted octanol–water partition coefficient (Wildman–Crippen LogP) is 3.25. The van der Waals surface area contributed by atoms with Gasteiger partial charge in [-0.2, -0.15) is 4.39 Å². The van der Waals surface area contributed by atoms with Gasteiger partial charge in [-0.25, -0.2) is 4.79 Å². The van der Waals surface area contributed by atoms with Crippen molar-refractivity contribution in [3.63, 3.8) is 0 Å². The lowest BCUT2D eigenvalue weighted by Gasteiger charge is -2.24. The summed E-state index contributed by atoms with van der Waals surface area (Å²) in [4.78, 5) is 11.7. The van der Waals surface area contributed by atoms with E-state index in [1.165, 1.54) is 0 Å². The lowest BCUT2D eigenvalue weighted by Crippen LogP contribution is -2.21. The van der Waals surface area contributed by atoms with Crippen molar-refractivity contribution < 1.29 is 13.5 Å². The van der Waals surface area contributed by atoms with Gasteiger partial charge < -0.3 is 9.15 Å². The van der Waals surface area contributed by atoms with Crippen molar-refractivity contribution in [3.05, 3.63) is 39.0 Å². The smallest absolute Gasteiger partial charge is 0.372 e. The highest BCUT2D eigenvalue weighted by atomic mass is 79.9. The molecular formula is C14H12BrFO3. The van der Waals surface area contributed by atoms with Crippen LogP contribution in [0.25, 0.3) is 11.0 Å². The van der Waals surface area contributed by atoms with Crippen LogP contribution < -0.4 is 10.4 Å². The van der Waals surface area contributed by atoms with Gasteiger partial charge in [0.25, 0.3) is 0 Å². The van der Waals surface area contributed by atoms with Crippen molar-refractivity contribution in [2.45, 2.75) is 25.1 Å². The van der Waals surface area contributed by atoms with Gasteiger partial charge in [0, 0.05) is 16.5 Å². The third-order valence-electron chi connectivity index (χ3n) is 3.49. The standard InChI is InChI=1S/C14H12BrFO3/c1-6-10-4-8-3-9(15)5-18-12(8)7(2)13(10)19-14(17)11(6)16/h4,9H,3,5H2,1-2H3. The molecule has 1 aliphatic heterocycles. The van der Waals surface area contributed by atoms with E-state index < -0.39 is 11.4 Å². The molecule has 0 radical (unpaired) electrons. The highest BCUT2D eigenvalue weighted by Gasteiger charge is 2.23. The summed E-state index contributed by atoms with van der Waals surface area (Å²) in [6.45, 7) is 4.00. The molecule has 0 spiro atoms. The first-order valence-electron chi connectivity index (χ1n) is 6.01. The average molecular weight is 327 g/mol. The number of ether oxygens (including phenoxy) is 1. The fourth-order valence-electron chi connectivity index (χ4n) is 2.49. The molecule has 0 amide bonds. The second-order valence-corrected chi connectivity index (χ2v) is 6.10. The number of hydrogen-bond acceptors (Lipinski definition) is 3. The molecule has 1 aromatic carbocycles. The van der Waals surface area contributed by atoms with Crippen molar-refractivity contribution in [3.8, 4) is 5.75 Å². The van der Waals surface area contributed by atoms with Crippen LogP contribution in [0.3, 0.4) is 0 Å². The number of halogens is 2. The minimum atomic E-state index is -0.928. The van der Waals surface area contributed by atoms with Crippen molar-refractivity contribution in [1.29, 1.82) is 0 Å². The number of aryl methyl sites for hydroxylation is 2. The Kier molecular flexibility index (Phi) is 2.89. The molecule has 0 N–H and O–H groups in total. The summed E-state index contributed by atoms with van der Waals surface area (Å²) >= 11 is 3.52. The van der Waals surface area contributed by atoms with Gasteiger partial charge in [-0.05, 0) is 31.9 Å². The molecule has 1 atom stereocenters. The maximum atomic E-state index is 13.7. The summed E-state index contributed by atoms with van der Waals surface area (Å²) in [5.74, 6) is -0.0728.